The molecule has 0 saturated carbocycles. The number of fused-ring (bicyclic) bond motifs is 1. The number of nitrogens with zero attached hydrogens (tertiary/aromatic N) is 2. The minimum atomic E-state index is 0.139. The van der Waals surface area contributed by atoms with Crippen LogP contribution in [0.2, 0.25) is 0 Å². The van der Waals surface area contributed by atoms with Crippen LogP contribution in [0.5, 0.6) is 0 Å². The summed E-state index contributed by atoms with van der Waals surface area (Å²) in [6.07, 6.45) is 3.74. The molecule has 0 N–H and O–H groups in total. The molecule has 0 atom stereocenters. The van der Waals surface area contributed by atoms with Crippen LogP contribution < -0.4 is 0 Å². The maximum atomic E-state index is 11.4. The molecule has 0 saturated heterocycles. The van der Waals surface area contributed by atoms with Gasteiger partial charge >= 0.3 is 0 Å². The van der Waals surface area contributed by atoms with Crippen LogP contribution in [-0.2, 0) is 13.1 Å². The number of hydrogen-bond donors (Lipinski definition) is 0. The van der Waals surface area contributed by atoms with Crippen molar-refractivity contribution in [3.8, 4) is 0 Å². The SMILES string of the molecule is CC(=O)c1cc(CN(C)Cc2cccc3cnccc23)cs1. The van der Waals surface area contributed by atoms with Crippen LogP contribution in [0.3, 0.4) is 0 Å². The van der Waals surface area contributed by atoms with Crippen molar-refractivity contribution < 1.29 is 4.79 Å². The average molecular weight is 310 g/mol. The minimum absolute atomic E-state index is 0.139. The molecule has 0 spiro atoms. The van der Waals surface area contributed by atoms with Gasteiger partial charge in [0, 0.05) is 30.9 Å². The lowest BCUT2D eigenvalue weighted by atomic mass is 10.1. The zero-order chi connectivity index (χ0) is 15.5. The number of benzene rings is 1. The van der Waals surface area contributed by atoms with Crippen molar-refractivity contribution in [1.82, 2.24) is 9.88 Å². The van der Waals surface area contributed by atoms with Crippen molar-refractivity contribution in [1.29, 1.82) is 0 Å². The maximum Gasteiger partial charge on any atom is 0.169 e. The van der Waals surface area contributed by atoms with E-state index in [9.17, 15) is 4.79 Å². The van der Waals surface area contributed by atoms with E-state index >= 15 is 0 Å². The van der Waals surface area contributed by atoms with Crippen molar-refractivity contribution in [2.24, 2.45) is 0 Å². The molecule has 0 radical (unpaired) electrons. The van der Waals surface area contributed by atoms with Gasteiger partial charge in [-0.15, -0.1) is 11.3 Å². The van der Waals surface area contributed by atoms with E-state index < -0.39 is 0 Å². The summed E-state index contributed by atoms with van der Waals surface area (Å²) in [6.45, 7) is 3.32. The van der Waals surface area contributed by atoms with Crippen molar-refractivity contribution in [2.75, 3.05) is 7.05 Å². The summed E-state index contributed by atoms with van der Waals surface area (Å²) in [4.78, 5) is 18.6. The van der Waals surface area contributed by atoms with Gasteiger partial charge in [-0.3, -0.25) is 14.7 Å². The number of aromatic nitrogens is 1. The second-order valence-electron chi connectivity index (χ2n) is 5.56. The molecule has 3 aromatic rings. The Kier molecular flexibility index (Phi) is 4.32. The van der Waals surface area contributed by atoms with E-state index in [-0.39, 0.29) is 5.78 Å². The first-order chi connectivity index (χ1) is 10.6. The molecule has 0 bridgehead atoms. The lowest BCUT2D eigenvalue weighted by Gasteiger charge is -2.17. The van der Waals surface area contributed by atoms with Crippen molar-refractivity contribution in [3.63, 3.8) is 0 Å². The summed E-state index contributed by atoms with van der Waals surface area (Å²) in [5, 5.41) is 4.49. The molecule has 0 aliphatic rings. The predicted molar refractivity (Wildman–Crippen MR) is 91.2 cm³/mol. The van der Waals surface area contributed by atoms with Crippen molar-refractivity contribution in [3.05, 3.63) is 64.1 Å². The third-order valence-electron chi connectivity index (χ3n) is 3.66. The number of thiophene rings is 1. The molecule has 0 fully saturated rings. The molecule has 3 nitrogen and oxygen atoms in total. The second-order valence-corrected chi connectivity index (χ2v) is 6.47. The number of hydrogen-bond acceptors (Lipinski definition) is 4. The van der Waals surface area contributed by atoms with Gasteiger partial charge in [-0.05, 0) is 48.0 Å². The Labute approximate surface area is 134 Å². The molecule has 22 heavy (non-hydrogen) atoms. The normalized spacial score (nSPS) is 11.2. The number of ketones is 1. The number of Topliss-reactive ketones (excluding diaryl/α,β-unsaturated/α-hetero) is 1. The Morgan fingerprint density at radius 1 is 1.27 bits per heavy atom. The van der Waals surface area contributed by atoms with E-state index in [0.717, 1.165) is 18.0 Å². The van der Waals surface area contributed by atoms with Gasteiger partial charge in [0.2, 0.25) is 0 Å². The molecule has 1 aromatic carbocycles. The molecular weight excluding hydrogens is 292 g/mol. The predicted octanol–water partition coefficient (Wildman–Crippen LogP) is 4.13. The fraction of sp³-hybridized carbons (Fsp3) is 0.222. The van der Waals surface area contributed by atoms with Crippen LogP contribution in [0.25, 0.3) is 10.8 Å². The molecule has 0 aliphatic heterocycles. The molecule has 0 unspecified atom stereocenters. The van der Waals surface area contributed by atoms with E-state index in [2.05, 4.69) is 46.6 Å². The third-order valence-corrected chi connectivity index (χ3v) is 4.74. The van der Waals surface area contributed by atoms with E-state index in [1.54, 1.807) is 6.92 Å². The first-order valence-electron chi connectivity index (χ1n) is 7.22. The van der Waals surface area contributed by atoms with E-state index in [1.165, 1.54) is 33.2 Å². The quantitative estimate of drug-likeness (QED) is 0.664. The van der Waals surface area contributed by atoms with Gasteiger partial charge in [0.15, 0.2) is 5.78 Å². The zero-order valence-corrected chi connectivity index (χ0v) is 13.6. The largest absolute Gasteiger partial charge is 0.298 e. The fourth-order valence-corrected chi connectivity index (χ4v) is 3.44. The van der Waals surface area contributed by atoms with Crippen molar-refractivity contribution in [2.45, 2.75) is 20.0 Å². The number of rotatable bonds is 5. The van der Waals surface area contributed by atoms with Gasteiger partial charge in [-0.2, -0.15) is 0 Å². The Hall–Kier alpha value is -2.04. The molecule has 0 aliphatic carbocycles. The highest BCUT2D eigenvalue weighted by molar-refractivity contribution is 7.12. The highest BCUT2D eigenvalue weighted by Gasteiger charge is 2.08. The molecule has 112 valence electrons. The summed E-state index contributed by atoms with van der Waals surface area (Å²) in [7, 11) is 2.10. The number of pyridine rings is 1. The van der Waals surface area contributed by atoms with Crippen LogP contribution in [0, 0.1) is 0 Å². The average Bonchev–Trinajstić information content (AvgIpc) is 2.96. The maximum absolute atomic E-state index is 11.4. The van der Waals surface area contributed by atoms with E-state index in [1.807, 2.05) is 18.5 Å². The Morgan fingerprint density at radius 3 is 2.91 bits per heavy atom. The number of carbonyl (C=O) groups excluding carboxylic acids is 1. The molecule has 4 heteroatoms. The van der Waals surface area contributed by atoms with Gasteiger partial charge in [-0.1, -0.05) is 18.2 Å². The molecule has 2 heterocycles. The van der Waals surface area contributed by atoms with Crippen LogP contribution in [0.15, 0.2) is 48.1 Å². The molecule has 2 aromatic heterocycles. The van der Waals surface area contributed by atoms with E-state index in [4.69, 9.17) is 0 Å². The van der Waals surface area contributed by atoms with Crippen LogP contribution >= 0.6 is 11.3 Å². The molecule has 3 rings (SSSR count). The van der Waals surface area contributed by atoms with Gasteiger partial charge in [0.1, 0.15) is 0 Å². The van der Waals surface area contributed by atoms with Crippen molar-refractivity contribution >= 4 is 27.9 Å². The topological polar surface area (TPSA) is 33.2 Å². The fourth-order valence-electron chi connectivity index (χ4n) is 2.63. The molecule has 0 amide bonds. The number of carbonyl (C=O) groups is 1. The second kappa shape index (κ2) is 6.38. The van der Waals surface area contributed by atoms with Crippen LogP contribution in [0.1, 0.15) is 27.7 Å². The lowest BCUT2D eigenvalue weighted by Crippen LogP contribution is -2.17. The minimum Gasteiger partial charge on any atom is -0.298 e. The van der Waals surface area contributed by atoms with Gasteiger partial charge < -0.3 is 0 Å². The smallest absolute Gasteiger partial charge is 0.169 e. The Morgan fingerprint density at radius 2 is 2.14 bits per heavy atom. The highest BCUT2D eigenvalue weighted by Crippen LogP contribution is 2.21. The highest BCUT2D eigenvalue weighted by atomic mass is 32.1. The van der Waals surface area contributed by atoms with Gasteiger partial charge in [-0.25, -0.2) is 0 Å². The standard InChI is InChI=1S/C18H18N2OS/c1-13(21)18-8-14(12-22-18)10-20(2)11-16-5-3-4-15-9-19-7-6-17(15)16/h3-9,12H,10-11H2,1-2H3. The Balaban J connectivity index is 1.75. The monoisotopic (exact) mass is 310 g/mol. The van der Waals surface area contributed by atoms with Crippen LogP contribution in [0.4, 0.5) is 0 Å². The summed E-state index contributed by atoms with van der Waals surface area (Å²) in [5.74, 6) is 0.139. The summed E-state index contributed by atoms with van der Waals surface area (Å²) >= 11 is 1.52. The first-order valence-corrected chi connectivity index (χ1v) is 8.10. The van der Waals surface area contributed by atoms with E-state index in [0.29, 0.717) is 0 Å². The lowest BCUT2D eigenvalue weighted by molar-refractivity contribution is 0.102. The van der Waals surface area contributed by atoms with Gasteiger partial charge in [0.05, 0.1) is 4.88 Å². The Bertz CT molecular complexity index is 804. The van der Waals surface area contributed by atoms with Crippen LogP contribution in [-0.4, -0.2) is 22.7 Å². The first kappa shape index (κ1) is 14.9. The third kappa shape index (κ3) is 3.24. The molecular formula is C18H18N2OS. The van der Waals surface area contributed by atoms with Gasteiger partial charge in [0.25, 0.3) is 0 Å². The zero-order valence-electron chi connectivity index (χ0n) is 12.7. The summed E-state index contributed by atoms with van der Waals surface area (Å²) in [6, 6.07) is 10.4. The summed E-state index contributed by atoms with van der Waals surface area (Å²) < 4.78 is 0. The summed E-state index contributed by atoms with van der Waals surface area (Å²) in [5.41, 5.74) is 2.49.